The molecule has 0 aliphatic heterocycles. The molecule has 3 aromatic rings. The monoisotopic (exact) mass is 474 g/mol. The molecule has 10 heteroatoms. The second-order valence-electron chi connectivity index (χ2n) is 8.37. The average molecular weight is 475 g/mol. The standard InChI is InChI=1S/C23H24F2N4O3S/c1-23(32,15-7-5-13(6-8-15)21(30)31)22-27-12-17(33-22)16-3-2-4-18(28-16)29-19-11-14(20(24)25)9-10-26-19/h2-4,9-13,15,20,32H,5-8H2,1H3,(H,30,31)(H,26,28,29)/t13-,15-,23?. The number of pyridine rings is 2. The molecule has 1 saturated carbocycles. The van der Waals surface area contributed by atoms with E-state index in [9.17, 15) is 23.8 Å². The van der Waals surface area contributed by atoms with Crippen molar-refractivity contribution in [2.75, 3.05) is 5.32 Å². The SMILES string of the molecule is CC(O)(c1ncc(-c2cccc(Nc3cc(C(F)F)ccn3)n2)s1)[C@H]1CC[C@H](C(=O)O)CC1. The number of anilines is 2. The Morgan fingerprint density at radius 3 is 2.64 bits per heavy atom. The molecule has 0 bridgehead atoms. The van der Waals surface area contributed by atoms with Gasteiger partial charge in [-0.2, -0.15) is 0 Å². The molecule has 3 N–H and O–H groups in total. The summed E-state index contributed by atoms with van der Waals surface area (Å²) in [7, 11) is 0. The highest BCUT2D eigenvalue weighted by atomic mass is 32.1. The van der Waals surface area contributed by atoms with Gasteiger partial charge in [-0.3, -0.25) is 4.79 Å². The number of carboxylic acids is 1. The van der Waals surface area contributed by atoms with Crippen LogP contribution in [0.15, 0.2) is 42.7 Å². The molecule has 1 fully saturated rings. The van der Waals surface area contributed by atoms with Crippen molar-refractivity contribution < 1.29 is 23.8 Å². The van der Waals surface area contributed by atoms with Gasteiger partial charge in [0.2, 0.25) is 0 Å². The summed E-state index contributed by atoms with van der Waals surface area (Å²) < 4.78 is 25.9. The molecule has 3 heterocycles. The Labute approximate surface area is 193 Å². The van der Waals surface area contributed by atoms with Crippen molar-refractivity contribution >= 4 is 28.9 Å². The van der Waals surface area contributed by atoms with Crippen LogP contribution in [0.2, 0.25) is 0 Å². The third kappa shape index (κ3) is 5.17. The normalized spacial score (nSPS) is 20.4. The molecular weight excluding hydrogens is 450 g/mol. The molecule has 0 radical (unpaired) electrons. The van der Waals surface area contributed by atoms with E-state index in [0.29, 0.717) is 42.2 Å². The summed E-state index contributed by atoms with van der Waals surface area (Å²) >= 11 is 1.33. The number of carboxylic acid groups (broad SMARTS) is 1. The summed E-state index contributed by atoms with van der Waals surface area (Å²) in [5.74, 6) is -0.483. The molecule has 0 saturated heterocycles. The Bertz CT molecular complexity index is 1130. The van der Waals surface area contributed by atoms with E-state index < -0.39 is 18.0 Å². The smallest absolute Gasteiger partial charge is 0.306 e. The number of rotatable bonds is 7. The van der Waals surface area contributed by atoms with Crippen LogP contribution in [0.3, 0.4) is 0 Å². The van der Waals surface area contributed by atoms with Crippen molar-refractivity contribution in [2.24, 2.45) is 11.8 Å². The Kier molecular flexibility index (Phi) is 6.66. The van der Waals surface area contributed by atoms with E-state index in [1.165, 1.54) is 29.7 Å². The number of alkyl halides is 2. The van der Waals surface area contributed by atoms with Crippen molar-refractivity contribution in [3.63, 3.8) is 0 Å². The van der Waals surface area contributed by atoms with Gasteiger partial charge in [-0.15, -0.1) is 11.3 Å². The zero-order valence-electron chi connectivity index (χ0n) is 17.9. The largest absolute Gasteiger partial charge is 0.481 e. The van der Waals surface area contributed by atoms with Crippen molar-refractivity contribution in [3.8, 4) is 10.6 Å². The van der Waals surface area contributed by atoms with Gasteiger partial charge in [0.25, 0.3) is 6.43 Å². The molecule has 1 aliphatic carbocycles. The summed E-state index contributed by atoms with van der Waals surface area (Å²) in [5.41, 5.74) is -0.670. The fourth-order valence-electron chi connectivity index (χ4n) is 4.13. The number of nitrogens with one attached hydrogen (secondary N) is 1. The molecule has 1 unspecified atom stereocenters. The second-order valence-corrected chi connectivity index (χ2v) is 9.40. The van der Waals surface area contributed by atoms with Crippen LogP contribution >= 0.6 is 11.3 Å². The number of aliphatic hydroxyl groups is 1. The second kappa shape index (κ2) is 9.48. The summed E-state index contributed by atoms with van der Waals surface area (Å²) in [6.45, 7) is 1.73. The van der Waals surface area contributed by atoms with Crippen molar-refractivity contribution in [3.05, 3.63) is 53.3 Å². The lowest BCUT2D eigenvalue weighted by molar-refractivity contribution is -0.144. The third-order valence-electron chi connectivity index (χ3n) is 6.10. The fourth-order valence-corrected chi connectivity index (χ4v) is 5.14. The first-order valence-electron chi connectivity index (χ1n) is 10.6. The predicted molar refractivity (Wildman–Crippen MR) is 120 cm³/mol. The molecule has 0 spiro atoms. The van der Waals surface area contributed by atoms with Crippen LogP contribution in [0, 0.1) is 11.8 Å². The van der Waals surface area contributed by atoms with E-state index in [-0.39, 0.29) is 23.2 Å². The minimum atomic E-state index is -2.59. The number of halogens is 2. The zero-order valence-corrected chi connectivity index (χ0v) is 18.7. The lowest BCUT2D eigenvalue weighted by Crippen LogP contribution is -2.35. The van der Waals surface area contributed by atoms with Crippen LogP contribution in [0.25, 0.3) is 10.6 Å². The highest BCUT2D eigenvalue weighted by Gasteiger charge is 2.40. The summed E-state index contributed by atoms with van der Waals surface area (Å²) in [6.07, 6.45) is 2.72. The number of carbonyl (C=O) groups is 1. The van der Waals surface area contributed by atoms with E-state index in [1.54, 1.807) is 31.3 Å². The molecule has 1 aliphatic rings. The van der Waals surface area contributed by atoms with E-state index in [2.05, 4.69) is 20.3 Å². The van der Waals surface area contributed by atoms with Crippen LogP contribution in [-0.4, -0.2) is 31.1 Å². The van der Waals surface area contributed by atoms with Crippen molar-refractivity contribution in [1.29, 1.82) is 0 Å². The van der Waals surface area contributed by atoms with Gasteiger partial charge in [0.05, 0.1) is 16.5 Å². The van der Waals surface area contributed by atoms with Crippen LogP contribution in [0.1, 0.15) is 49.6 Å². The maximum Gasteiger partial charge on any atom is 0.306 e. The third-order valence-corrected chi connectivity index (χ3v) is 7.35. The molecule has 1 atom stereocenters. The van der Waals surface area contributed by atoms with Gasteiger partial charge in [0.1, 0.15) is 22.2 Å². The fraction of sp³-hybridized carbons (Fsp3) is 0.391. The van der Waals surface area contributed by atoms with E-state index in [4.69, 9.17) is 0 Å². The van der Waals surface area contributed by atoms with Crippen LogP contribution < -0.4 is 5.32 Å². The van der Waals surface area contributed by atoms with Crippen molar-refractivity contribution in [2.45, 2.75) is 44.6 Å². The molecule has 7 nitrogen and oxygen atoms in total. The molecule has 4 rings (SSSR count). The zero-order chi connectivity index (χ0) is 23.6. The van der Waals surface area contributed by atoms with Gasteiger partial charge in [0, 0.05) is 18.0 Å². The van der Waals surface area contributed by atoms with Crippen molar-refractivity contribution in [1.82, 2.24) is 15.0 Å². The quantitative estimate of drug-likeness (QED) is 0.422. The molecule has 174 valence electrons. The minimum Gasteiger partial charge on any atom is -0.481 e. The number of aliphatic carboxylic acids is 1. The van der Waals surface area contributed by atoms with Gasteiger partial charge >= 0.3 is 5.97 Å². The first-order valence-corrected chi connectivity index (χ1v) is 11.5. The van der Waals surface area contributed by atoms with Gasteiger partial charge < -0.3 is 15.5 Å². The van der Waals surface area contributed by atoms with E-state index in [0.717, 1.165) is 4.88 Å². The topological polar surface area (TPSA) is 108 Å². The van der Waals surface area contributed by atoms with Crippen LogP contribution in [0.4, 0.5) is 20.4 Å². The van der Waals surface area contributed by atoms with Gasteiger partial charge in [0.15, 0.2) is 0 Å². The summed E-state index contributed by atoms with van der Waals surface area (Å²) in [5, 5.41) is 23.9. The Morgan fingerprint density at radius 1 is 1.18 bits per heavy atom. The number of thiazole rings is 1. The molecular formula is C23H24F2N4O3S. The molecule has 3 aromatic heterocycles. The number of hydrogen-bond donors (Lipinski definition) is 3. The lowest BCUT2D eigenvalue weighted by Gasteiger charge is -2.35. The summed E-state index contributed by atoms with van der Waals surface area (Å²) in [6, 6.07) is 7.84. The van der Waals surface area contributed by atoms with Gasteiger partial charge in [-0.1, -0.05) is 6.07 Å². The van der Waals surface area contributed by atoms with Crippen LogP contribution in [0.5, 0.6) is 0 Å². The number of nitrogens with zero attached hydrogens (tertiary/aromatic N) is 3. The van der Waals surface area contributed by atoms with E-state index in [1.807, 2.05) is 0 Å². The first kappa shape index (κ1) is 23.2. The van der Waals surface area contributed by atoms with Gasteiger partial charge in [-0.05, 0) is 62.8 Å². The molecule has 33 heavy (non-hydrogen) atoms. The van der Waals surface area contributed by atoms with Crippen LogP contribution in [-0.2, 0) is 10.4 Å². The maximum absolute atomic E-state index is 12.9. The number of aromatic nitrogens is 3. The van der Waals surface area contributed by atoms with E-state index >= 15 is 0 Å². The highest BCUT2D eigenvalue weighted by Crippen LogP contribution is 2.43. The minimum absolute atomic E-state index is 0.0683. The predicted octanol–water partition coefficient (Wildman–Crippen LogP) is 5.38. The summed E-state index contributed by atoms with van der Waals surface area (Å²) in [4.78, 5) is 25.0. The first-order chi connectivity index (χ1) is 15.7. The Hall–Kier alpha value is -2.98. The highest BCUT2D eigenvalue weighted by molar-refractivity contribution is 7.15. The average Bonchev–Trinajstić information content (AvgIpc) is 3.31. The molecule has 0 aromatic carbocycles. The number of hydrogen-bond acceptors (Lipinski definition) is 7. The Morgan fingerprint density at radius 2 is 1.94 bits per heavy atom. The van der Waals surface area contributed by atoms with Gasteiger partial charge in [-0.25, -0.2) is 23.7 Å². The lowest BCUT2D eigenvalue weighted by atomic mass is 9.74. The molecule has 0 amide bonds. The Balaban J connectivity index is 1.49. The maximum atomic E-state index is 12.9.